The van der Waals surface area contributed by atoms with E-state index in [9.17, 15) is 4.79 Å². The summed E-state index contributed by atoms with van der Waals surface area (Å²) in [6.07, 6.45) is 7.73. The van der Waals surface area contributed by atoms with E-state index in [-0.39, 0.29) is 23.7 Å². The highest BCUT2D eigenvalue weighted by Crippen LogP contribution is 2.37. The van der Waals surface area contributed by atoms with Crippen LogP contribution in [-0.2, 0) is 4.74 Å². The molecule has 2 aliphatic carbocycles. The summed E-state index contributed by atoms with van der Waals surface area (Å²) in [5.74, 6) is 2.16. The maximum absolute atomic E-state index is 12.1. The number of alkyl carbamates (subject to hydrolysis) is 1. The number of aromatic nitrogens is 5. The molecular formula is C21H27N7O3. The van der Waals surface area contributed by atoms with Crippen LogP contribution >= 0.6 is 0 Å². The Kier molecular flexibility index (Phi) is 4.91. The molecular weight excluding hydrogens is 398 g/mol. The fourth-order valence-corrected chi connectivity index (χ4v) is 4.01. The van der Waals surface area contributed by atoms with Crippen molar-refractivity contribution in [3.8, 4) is 5.88 Å². The zero-order chi connectivity index (χ0) is 21.4. The van der Waals surface area contributed by atoms with Crippen LogP contribution in [0.4, 0.5) is 16.4 Å². The first kappa shape index (κ1) is 19.7. The third-order valence-corrected chi connectivity index (χ3v) is 6.01. The number of H-pyrrole nitrogens is 1. The Balaban J connectivity index is 1.22. The van der Waals surface area contributed by atoms with Crippen LogP contribution in [0, 0.1) is 0 Å². The normalized spacial score (nSPS) is 21.7. The Morgan fingerprint density at radius 2 is 2.23 bits per heavy atom. The second-order valence-electron chi connectivity index (χ2n) is 8.58. The van der Waals surface area contributed by atoms with Gasteiger partial charge in [0.1, 0.15) is 11.6 Å². The van der Waals surface area contributed by atoms with Crippen molar-refractivity contribution in [3.63, 3.8) is 0 Å². The number of carbonyl (C=O) groups is 1. The van der Waals surface area contributed by atoms with E-state index < -0.39 is 0 Å². The molecule has 0 saturated heterocycles. The van der Waals surface area contributed by atoms with Crippen LogP contribution in [0.1, 0.15) is 57.6 Å². The van der Waals surface area contributed by atoms with Gasteiger partial charge in [-0.2, -0.15) is 5.10 Å². The number of ether oxygens (including phenoxy) is 2. The Bertz CT molecular complexity index is 1090. The maximum atomic E-state index is 12.1. The standard InChI is InChI=1S/C21H27N7O3/c1-3-30-18-12-16-19(22-8-9-28(16)27-18)23-17-11-15(25-26-17)13-4-5-14(10-13)31-20(29)24-21(2)6-7-21/h8-9,11-14H,3-7,10H2,1-2H3,(H,24,29)(H2,22,23,25,26)/t13-,14+/m0/s1. The fourth-order valence-electron chi connectivity index (χ4n) is 4.01. The summed E-state index contributed by atoms with van der Waals surface area (Å²) in [5, 5.41) is 18.1. The SMILES string of the molecule is CCOc1cc2c(Nc3cc([C@H]4CC[C@@H](OC(=O)NC5(C)CC5)C4)[nH]n3)nccn2n1. The molecule has 3 aromatic heterocycles. The van der Waals surface area contributed by atoms with Crippen LogP contribution in [0.15, 0.2) is 24.5 Å². The summed E-state index contributed by atoms with van der Waals surface area (Å²) in [6, 6.07) is 3.84. The van der Waals surface area contributed by atoms with Crippen LogP contribution in [-0.4, -0.2) is 49.1 Å². The number of carbonyl (C=O) groups excluding carboxylic acids is 1. The van der Waals surface area contributed by atoms with E-state index in [0.29, 0.717) is 24.1 Å². The molecule has 164 valence electrons. The number of nitrogens with one attached hydrogen (secondary N) is 3. The highest BCUT2D eigenvalue weighted by molar-refractivity contribution is 5.73. The number of amides is 1. The average molecular weight is 425 g/mol. The average Bonchev–Trinajstić information content (AvgIpc) is 3.16. The molecule has 2 saturated carbocycles. The number of rotatable bonds is 7. The van der Waals surface area contributed by atoms with E-state index in [1.807, 2.05) is 26.0 Å². The summed E-state index contributed by atoms with van der Waals surface area (Å²) < 4.78 is 12.8. The molecule has 0 bridgehead atoms. The summed E-state index contributed by atoms with van der Waals surface area (Å²) >= 11 is 0. The lowest BCUT2D eigenvalue weighted by atomic mass is 10.0. The molecule has 0 aromatic carbocycles. The first-order valence-corrected chi connectivity index (χ1v) is 10.8. The molecule has 0 radical (unpaired) electrons. The smallest absolute Gasteiger partial charge is 0.407 e. The van der Waals surface area contributed by atoms with E-state index in [0.717, 1.165) is 43.3 Å². The zero-order valence-corrected chi connectivity index (χ0v) is 17.7. The summed E-state index contributed by atoms with van der Waals surface area (Å²) in [5.41, 5.74) is 1.77. The number of fused-ring (bicyclic) bond motifs is 1. The number of nitrogens with zero attached hydrogens (tertiary/aromatic N) is 4. The molecule has 0 unspecified atom stereocenters. The minimum Gasteiger partial charge on any atom is -0.477 e. The Morgan fingerprint density at radius 1 is 1.35 bits per heavy atom. The van der Waals surface area contributed by atoms with Gasteiger partial charge in [-0.25, -0.2) is 14.3 Å². The predicted molar refractivity (Wildman–Crippen MR) is 114 cm³/mol. The van der Waals surface area contributed by atoms with Gasteiger partial charge >= 0.3 is 6.09 Å². The van der Waals surface area contributed by atoms with Gasteiger partial charge in [0.15, 0.2) is 11.6 Å². The van der Waals surface area contributed by atoms with Crippen molar-refractivity contribution in [1.29, 1.82) is 0 Å². The van der Waals surface area contributed by atoms with Crippen LogP contribution < -0.4 is 15.4 Å². The van der Waals surface area contributed by atoms with Gasteiger partial charge in [0.05, 0.1) is 6.61 Å². The summed E-state index contributed by atoms with van der Waals surface area (Å²) in [4.78, 5) is 16.5. The molecule has 10 heteroatoms. The van der Waals surface area contributed by atoms with Gasteiger partial charge in [-0.05, 0) is 46.0 Å². The number of hydrogen-bond acceptors (Lipinski definition) is 7. The van der Waals surface area contributed by atoms with Crippen molar-refractivity contribution in [2.75, 3.05) is 11.9 Å². The van der Waals surface area contributed by atoms with E-state index in [1.54, 1.807) is 16.9 Å². The molecule has 31 heavy (non-hydrogen) atoms. The monoisotopic (exact) mass is 425 g/mol. The topological polar surface area (TPSA) is 118 Å². The molecule has 0 spiro atoms. The first-order chi connectivity index (χ1) is 15.0. The van der Waals surface area contributed by atoms with Crippen molar-refractivity contribution in [1.82, 2.24) is 30.1 Å². The largest absolute Gasteiger partial charge is 0.477 e. The van der Waals surface area contributed by atoms with Gasteiger partial charge in [-0.15, -0.1) is 5.10 Å². The van der Waals surface area contributed by atoms with Crippen molar-refractivity contribution >= 4 is 23.2 Å². The van der Waals surface area contributed by atoms with E-state index >= 15 is 0 Å². The van der Waals surface area contributed by atoms with Crippen molar-refractivity contribution in [2.24, 2.45) is 0 Å². The lowest BCUT2D eigenvalue weighted by molar-refractivity contribution is 0.0967. The molecule has 5 rings (SSSR count). The fraction of sp³-hybridized carbons (Fsp3) is 0.524. The van der Waals surface area contributed by atoms with Crippen molar-refractivity contribution in [3.05, 3.63) is 30.2 Å². The third kappa shape index (κ3) is 4.28. The second-order valence-corrected chi connectivity index (χ2v) is 8.58. The number of aromatic amines is 1. The quantitative estimate of drug-likeness (QED) is 0.530. The lowest BCUT2D eigenvalue weighted by Gasteiger charge is -2.16. The predicted octanol–water partition coefficient (Wildman–Crippen LogP) is 3.51. The molecule has 2 atom stereocenters. The van der Waals surface area contributed by atoms with Crippen LogP contribution in [0.3, 0.4) is 0 Å². The van der Waals surface area contributed by atoms with Gasteiger partial charge in [0.2, 0.25) is 5.88 Å². The van der Waals surface area contributed by atoms with Gasteiger partial charge in [-0.3, -0.25) is 5.10 Å². The molecule has 2 aliphatic rings. The van der Waals surface area contributed by atoms with Gasteiger partial charge in [0, 0.05) is 41.7 Å². The highest BCUT2D eigenvalue weighted by atomic mass is 16.6. The van der Waals surface area contributed by atoms with E-state index in [2.05, 4.69) is 30.9 Å². The minimum absolute atomic E-state index is 0.0606. The van der Waals surface area contributed by atoms with Crippen LogP contribution in [0.25, 0.3) is 5.52 Å². The van der Waals surface area contributed by atoms with E-state index in [1.165, 1.54) is 0 Å². The first-order valence-electron chi connectivity index (χ1n) is 10.8. The van der Waals surface area contributed by atoms with Crippen molar-refractivity contribution in [2.45, 2.75) is 63.5 Å². The van der Waals surface area contributed by atoms with Crippen LogP contribution in [0.5, 0.6) is 5.88 Å². The number of hydrogen-bond donors (Lipinski definition) is 3. The van der Waals surface area contributed by atoms with Gasteiger partial charge in [0.25, 0.3) is 0 Å². The second kappa shape index (κ2) is 7.75. The molecule has 2 fully saturated rings. The molecule has 3 aromatic rings. The lowest BCUT2D eigenvalue weighted by Crippen LogP contribution is -2.36. The summed E-state index contributed by atoms with van der Waals surface area (Å²) in [6.45, 7) is 4.52. The zero-order valence-electron chi connectivity index (χ0n) is 17.7. The molecule has 10 nitrogen and oxygen atoms in total. The third-order valence-electron chi connectivity index (χ3n) is 6.01. The Morgan fingerprint density at radius 3 is 3.03 bits per heavy atom. The highest BCUT2D eigenvalue weighted by Gasteiger charge is 2.40. The van der Waals surface area contributed by atoms with Crippen LogP contribution in [0.2, 0.25) is 0 Å². The van der Waals surface area contributed by atoms with Crippen molar-refractivity contribution < 1.29 is 14.3 Å². The molecule has 1 amide bonds. The van der Waals surface area contributed by atoms with E-state index in [4.69, 9.17) is 9.47 Å². The maximum Gasteiger partial charge on any atom is 0.407 e. The minimum atomic E-state index is -0.302. The summed E-state index contributed by atoms with van der Waals surface area (Å²) in [7, 11) is 0. The molecule has 3 heterocycles. The Labute approximate surface area is 179 Å². The van der Waals surface area contributed by atoms with Gasteiger partial charge in [-0.1, -0.05) is 0 Å². The molecule has 3 N–H and O–H groups in total. The number of anilines is 2. The Hall–Kier alpha value is -3.30. The molecule has 0 aliphatic heterocycles. The van der Waals surface area contributed by atoms with Gasteiger partial charge < -0.3 is 20.1 Å².